The number of hydrogen-bond acceptors (Lipinski definition) is 5. The van der Waals surface area contributed by atoms with Crippen molar-refractivity contribution in [1.29, 1.82) is 0 Å². The zero-order chi connectivity index (χ0) is 17.1. The highest BCUT2D eigenvalue weighted by molar-refractivity contribution is 14.0. The first-order valence-corrected chi connectivity index (χ1v) is 9.66. The van der Waals surface area contributed by atoms with E-state index in [2.05, 4.69) is 20.6 Å². The van der Waals surface area contributed by atoms with Crippen molar-refractivity contribution >= 4 is 51.1 Å². The number of alkyl halides is 3. The van der Waals surface area contributed by atoms with Gasteiger partial charge in [0.05, 0.1) is 18.1 Å². The molecular weight excluding hydrogens is 480 g/mol. The van der Waals surface area contributed by atoms with Crippen LogP contribution in [0.5, 0.6) is 0 Å². The van der Waals surface area contributed by atoms with Crippen molar-refractivity contribution < 1.29 is 21.6 Å². The van der Waals surface area contributed by atoms with Gasteiger partial charge in [-0.25, -0.2) is 18.4 Å². The van der Waals surface area contributed by atoms with Gasteiger partial charge in [0, 0.05) is 18.0 Å². The zero-order valence-electron chi connectivity index (χ0n) is 12.8. The average Bonchev–Trinajstić information content (AvgIpc) is 3.02. The van der Waals surface area contributed by atoms with E-state index in [0.29, 0.717) is 18.9 Å². The van der Waals surface area contributed by atoms with Gasteiger partial charge >= 0.3 is 6.18 Å². The van der Waals surface area contributed by atoms with Gasteiger partial charge in [-0.2, -0.15) is 13.2 Å². The Morgan fingerprint density at radius 1 is 1.50 bits per heavy atom. The molecule has 0 spiro atoms. The van der Waals surface area contributed by atoms with Crippen molar-refractivity contribution in [1.82, 2.24) is 15.6 Å². The first kappa shape index (κ1) is 21.4. The molecule has 6 nitrogen and oxygen atoms in total. The van der Waals surface area contributed by atoms with Crippen LogP contribution in [0, 0.1) is 0 Å². The molecule has 2 N–H and O–H groups in total. The summed E-state index contributed by atoms with van der Waals surface area (Å²) in [6.07, 6.45) is -3.97. The minimum atomic E-state index is -4.46. The number of sulfone groups is 1. The third-order valence-corrected chi connectivity index (χ3v) is 5.73. The molecule has 2 heterocycles. The van der Waals surface area contributed by atoms with Crippen LogP contribution in [0.1, 0.15) is 24.0 Å². The summed E-state index contributed by atoms with van der Waals surface area (Å²) in [5, 5.41) is 7.13. The standard InChI is InChI=1S/C12H17F3N4O2S2.HI/c1-2-16-11(18-8-3-4-23(20,21)7-8)17-5-10-19-9(6-22-10)12(13,14)15;/h6,8H,2-5,7H2,1H3,(H2,16,17,18);1H. The molecule has 0 aliphatic carbocycles. The fourth-order valence-corrected chi connectivity index (χ4v) is 4.48. The number of halogens is 4. The van der Waals surface area contributed by atoms with Gasteiger partial charge in [0.25, 0.3) is 0 Å². The molecule has 138 valence electrons. The number of aromatic nitrogens is 1. The molecule has 0 bridgehead atoms. The Morgan fingerprint density at radius 2 is 2.21 bits per heavy atom. The highest BCUT2D eigenvalue weighted by Gasteiger charge is 2.33. The van der Waals surface area contributed by atoms with Crippen LogP contribution in [0.2, 0.25) is 0 Å². The fourth-order valence-electron chi connectivity index (χ4n) is 2.08. The lowest BCUT2D eigenvalue weighted by Gasteiger charge is -2.15. The van der Waals surface area contributed by atoms with E-state index in [1.807, 2.05) is 6.92 Å². The quantitative estimate of drug-likeness (QED) is 0.377. The molecule has 24 heavy (non-hydrogen) atoms. The van der Waals surface area contributed by atoms with Gasteiger partial charge in [0.15, 0.2) is 21.5 Å². The van der Waals surface area contributed by atoms with Gasteiger partial charge in [-0.1, -0.05) is 0 Å². The van der Waals surface area contributed by atoms with E-state index in [9.17, 15) is 21.6 Å². The van der Waals surface area contributed by atoms with Gasteiger partial charge in [-0.05, 0) is 13.3 Å². The number of guanidine groups is 1. The molecule has 1 aliphatic heterocycles. The molecule has 0 saturated carbocycles. The molecule has 2 rings (SSSR count). The monoisotopic (exact) mass is 498 g/mol. The van der Waals surface area contributed by atoms with Crippen molar-refractivity contribution in [3.8, 4) is 0 Å². The summed E-state index contributed by atoms with van der Waals surface area (Å²) in [5.41, 5.74) is -0.924. The number of nitrogens with one attached hydrogen (secondary N) is 2. The Hall–Kier alpha value is -0.630. The van der Waals surface area contributed by atoms with Crippen molar-refractivity contribution in [2.45, 2.75) is 32.1 Å². The highest BCUT2D eigenvalue weighted by Crippen LogP contribution is 2.30. The summed E-state index contributed by atoms with van der Waals surface area (Å²) in [4.78, 5) is 7.67. The molecule has 1 saturated heterocycles. The van der Waals surface area contributed by atoms with Gasteiger partial charge in [-0.3, -0.25) is 0 Å². The Balaban J connectivity index is 0.00000288. The number of hydrogen-bond donors (Lipinski definition) is 2. The number of nitrogens with zero attached hydrogens (tertiary/aromatic N) is 2. The first-order chi connectivity index (χ1) is 10.7. The zero-order valence-corrected chi connectivity index (χ0v) is 16.7. The lowest BCUT2D eigenvalue weighted by molar-refractivity contribution is -0.140. The van der Waals surface area contributed by atoms with E-state index in [-0.39, 0.29) is 53.1 Å². The summed E-state index contributed by atoms with van der Waals surface area (Å²) in [6.45, 7) is 2.39. The summed E-state index contributed by atoms with van der Waals surface area (Å²) >= 11 is 0.889. The number of aliphatic imine (C=N–C) groups is 1. The topological polar surface area (TPSA) is 83.4 Å². The highest BCUT2D eigenvalue weighted by atomic mass is 127. The minimum Gasteiger partial charge on any atom is -0.357 e. The van der Waals surface area contributed by atoms with Crippen molar-refractivity contribution in [3.05, 3.63) is 16.1 Å². The van der Waals surface area contributed by atoms with Crippen LogP contribution in [0.15, 0.2) is 10.4 Å². The number of thiazole rings is 1. The van der Waals surface area contributed by atoms with E-state index in [1.54, 1.807) is 0 Å². The van der Waals surface area contributed by atoms with Crippen LogP contribution in [0.25, 0.3) is 0 Å². The van der Waals surface area contributed by atoms with Gasteiger partial charge in [-0.15, -0.1) is 35.3 Å². The molecule has 0 amide bonds. The Morgan fingerprint density at radius 3 is 2.71 bits per heavy atom. The smallest absolute Gasteiger partial charge is 0.357 e. The Labute approximate surface area is 159 Å². The van der Waals surface area contributed by atoms with Crippen LogP contribution < -0.4 is 10.6 Å². The second-order valence-corrected chi connectivity index (χ2v) is 8.24. The van der Waals surface area contributed by atoms with Crippen molar-refractivity contribution in [3.63, 3.8) is 0 Å². The van der Waals surface area contributed by atoms with E-state index in [1.165, 1.54) is 0 Å². The van der Waals surface area contributed by atoms with E-state index < -0.39 is 21.7 Å². The maximum Gasteiger partial charge on any atom is 0.434 e. The summed E-state index contributed by atoms with van der Waals surface area (Å²) in [5.74, 6) is 0.539. The number of rotatable bonds is 4. The largest absolute Gasteiger partial charge is 0.434 e. The van der Waals surface area contributed by atoms with Crippen molar-refractivity contribution in [2.75, 3.05) is 18.1 Å². The first-order valence-electron chi connectivity index (χ1n) is 6.96. The molecule has 1 atom stereocenters. The maximum atomic E-state index is 12.5. The summed E-state index contributed by atoms with van der Waals surface area (Å²) < 4.78 is 60.4. The summed E-state index contributed by atoms with van der Waals surface area (Å²) in [7, 11) is -3.02. The second-order valence-electron chi connectivity index (χ2n) is 5.06. The fraction of sp³-hybridized carbons (Fsp3) is 0.667. The Bertz CT molecular complexity index is 676. The summed E-state index contributed by atoms with van der Waals surface area (Å²) in [6, 6.07) is -0.236. The van der Waals surface area contributed by atoms with E-state index in [4.69, 9.17) is 0 Å². The van der Waals surface area contributed by atoms with Gasteiger partial charge in [0.2, 0.25) is 0 Å². The minimum absolute atomic E-state index is 0. The molecule has 1 aliphatic rings. The average molecular weight is 498 g/mol. The molecular formula is C12H18F3IN4O2S2. The van der Waals surface area contributed by atoms with Crippen LogP contribution >= 0.6 is 35.3 Å². The molecule has 1 unspecified atom stereocenters. The van der Waals surface area contributed by atoms with Crippen LogP contribution in [-0.4, -0.2) is 43.5 Å². The molecule has 0 aromatic carbocycles. The lowest BCUT2D eigenvalue weighted by Crippen LogP contribution is -2.44. The lowest BCUT2D eigenvalue weighted by atomic mass is 10.3. The maximum absolute atomic E-state index is 12.5. The normalized spacial score (nSPS) is 20.5. The molecule has 1 aromatic rings. The molecule has 1 fully saturated rings. The third kappa shape index (κ3) is 6.35. The van der Waals surface area contributed by atoms with Gasteiger partial charge in [0.1, 0.15) is 5.01 Å². The Kier molecular flexibility index (Phi) is 7.72. The molecule has 12 heteroatoms. The van der Waals surface area contributed by atoms with E-state index >= 15 is 0 Å². The van der Waals surface area contributed by atoms with Crippen LogP contribution in [0.4, 0.5) is 13.2 Å². The second kappa shape index (κ2) is 8.65. The molecule has 0 radical (unpaired) electrons. The van der Waals surface area contributed by atoms with Crippen LogP contribution in [-0.2, 0) is 22.6 Å². The van der Waals surface area contributed by atoms with Crippen LogP contribution in [0.3, 0.4) is 0 Å². The van der Waals surface area contributed by atoms with Crippen molar-refractivity contribution in [2.24, 2.45) is 4.99 Å². The van der Waals surface area contributed by atoms with E-state index in [0.717, 1.165) is 16.7 Å². The predicted octanol–water partition coefficient (Wildman–Crippen LogP) is 2.02. The van der Waals surface area contributed by atoms with Gasteiger partial charge < -0.3 is 10.6 Å². The third-order valence-electron chi connectivity index (χ3n) is 3.13. The SMILES string of the molecule is CCNC(=NCc1nc(C(F)(F)F)cs1)NC1CCS(=O)(=O)C1.I. The molecule has 1 aromatic heterocycles. The predicted molar refractivity (Wildman–Crippen MR) is 97.5 cm³/mol.